The van der Waals surface area contributed by atoms with Gasteiger partial charge in [-0.15, -0.1) is 0 Å². The van der Waals surface area contributed by atoms with Crippen molar-refractivity contribution >= 4 is 17.4 Å². The fraction of sp³-hybridized carbons (Fsp3) is 0.765. The average molecular weight is 310 g/mol. The standard InChI is InChI=1S/C17H28ClN3/c1-11-7-6-8-13(10-9-11)19-15-12(2)14(18)20-16(21-15)17(3,4)5/h11,13H,6-10H2,1-5H3,(H,19,20,21). The number of nitrogens with zero attached hydrogens (tertiary/aromatic N) is 2. The molecule has 0 amide bonds. The quantitative estimate of drug-likeness (QED) is 0.609. The minimum absolute atomic E-state index is 0.0915. The van der Waals surface area contributed by atoms with Crippen molar-refractivity contribution in [1.29, 1.82) is 0 Å². The van der Waals surface area contributed by atoms with Crippen molar-refractivity contribution in [2.24, 2.45) is 5.92 Å². The van der Waals surface area contributed by atoms with Crippen molar-refractivity contribution in [3.8, 4) is 0 Å². The lowest BCUT2D eigenvalue weighted by Crippen LogP contribution is -2.23. The summed E-state index contributed by atoms with van der Waals surface area (Å²) in [4.78, 5) is 9.18. The molecule has 1 heterocycles. The SMILES string of the molecule is Cc1c(Cl)nc(C(C)(C)C)nc1NC1CCCC(C)CC1. The predicted molar refractivity (Wildman–Crippen MR) is 90.1 cm³/mol. The lowest BCUT2D eigenvalue weighted by molar-refractivity contribution is 0.501. The Kier molecular flexibility index (Phi) is 5.13. The van der Waals surface area contributed by atoms with Gasteiger partial charge in [-0.25, -0.2) is 9.97 Å². The molecule has 0 radical (unpaired) electrons. The summed E-state index contributed by atoms with van der Waals surface area (Å²) in [5, 5.41) is 4.20. The number of hydrogen-bond donors (Lipinski definition) is 1. The summed E-state index contributed by atoms with van der Waals surface area (Å²) in [5.74, 6) is 2.57. The summed E-state index contributed by atoms with van der Waals surface area (Å²) in [6.45, 7) is 10.7. The van der Waals surface area contributed by atoms with Crippen LogP contribution in [0.3, 0.4) is 0 Å². The third kappa shape index (κ3) is 4.32. The molecule has 3 nitrogen and oxygen atoms in total. The van der Waals surface area contributed by atoms with E-state index in [4.69, 9.17) is 16.6 Å². The van der Waals surface area contributed by atoms with Gasteiger partial charge in [0.2, 0.25) is 0 Å². The van der Waals surface area contributed by atoms with Crippen LogP contribution in [0.4, 0.5) is 5.82 Å². The Balaban J connectivity index is 2.20. The normalized spacial score (nSPS) is 23.7. The highest BCUT2D eigenvalue weighted by atomic mass is 35.5. The molecule has 1 aromatic rings. The second kappa shape index (κ2) is 6.51. The van der Waals surface area contributed by atoms with Crippen LogP contribution in [-0.2, 0) is 5.41 Å². The van der Waals surface area contributed by atoms with Gasteiger partial charge in [0, 0.05) is 17.0 Å². The van der Waals surface area contributed by atoms with Crippen molar-refractivity contribution in [3.63, 3.8) is 0 Å². The van der Waals surface area contributed by atoms with Crippen molar-refractivity contribution < 1.29 is 0 Å². The van der Waals surface area contributed by atoms with Gasteiger partial charge in [0.25, 0.3) is 0 Å². The molecule has 1 saturated carbocycles. The summed E-state index contributed by atoms with van der Waals surface area (Å²) in [5.41, 5.74) is 0.869. The highest BCUT2D eigenvalue weighted by Gasteiger charge is 2.22. The maximum absolute atomic E-state index is 6.31. The number of nitrogens with one attached hydrogen (secondary N) is 1. The van der Waals surface area contributed by atoms with Gasteiger partial charge in [0.15, 0.2) is 0 Å². The zero-order valence-corrected chi connectivity index (χ0v) is 14.7. The number of rotatable bonds is 2. The first-order valence-electron chi connectivity index (χ1n) is 8.08. The molecule has 118 valence electrons. The molecule has 2 atom stereocenters. The first-order valence-corrected chi connectivity index (χ1v) is 8.46. The Morgan fingerprint density at radius 3 is 2.48 bits per heavy atom. The average Bonchev–Trinajstić information content (AvgIpc) is 2.58. The first-order chi connectivity index (χ1) is 9.77. The molecule has 1 fully saturated rings. The molecule has 1 N–H and O–H groups in total. The molecular weight excluding hydrogens is 282 g/mol. The molecular formula is C17H28ClN3. The molecule has 0 spiro atoms. The smallest absolute Gasteiger partial charge is 0.137 e. The van der Waals surface area contributed by atoms with E-state index in [0.717, 1.165) is 23.1 Å². The van der Waals surface area contributed by atoms with Gasteiger partial charge in [0.1, 0.15) is 16.8 Å². The van der Waals surface area contributed by atoms with Crippen molar-refractivity contribution in [2.45, 2.75) is 78.2 Å². The second-order valence-corrected chi connectivity index (χ2v) is 7.87. The van der Waals surface area contributed by atoms with Crippen LogP contribution in [0.5, 0.6) is 0 Å². The summed E-state index contributed by atoms with van der Waals surface area (Å²) in [7, 11) is 0. The van der Waals surface area contributed by atoms with Crippen molar-refractivity contribution in [1.82, 2.24) is 9.97 Å². The maximum Gasteiger partial charge on any atom is 0.137 e. The molecule has 1 aromatic heterocycles. The van der Waals surface area contributed by atoms with Crippen LogP contribution in [-0.4, -0.2) is 16.0 Å². The third-order valence-electron chi connectivity index (χ3n) is 4.36. The number of hydrogen-bond acceptors (Lipinski definition) is 3. The number of aromatic nitrogens is 2. The highest BCUT2D eigenvalue weighted by Crippen LogP contribution is 2.29. The minimum atomic E-state index is -0.0915. The van der Waals surface area contributed by atoms with Gasteiger partial charge in [-0.2, -0.15) is 0 Å². The van der Waals surface area contributed by atoms with E-state index >= 15 is 0 Å². The first kappa shape index (κ1) is 16.5. The molecule has 1 aliphatic carbocycles. The fourth-order valence-corrected chi connectivity index (χ4v) is 2.96. The molecule has 0 aromatic carbocycles. The van der Waals surface area contributed by atoms with Crippen LogP contribution < -0.4 is 5.32 Å². The van der Waals surface area contributed by atoms with Gasteiger partial charge in [-0.3, -0.25) is 0 Å². The van der Waals surface area contributed by atoms with Gasteiger partial charge < -0.3 is 5.32 Å². The van der Waals surface area contributed by atoms with Crippen molar-refractivity contribution in [3.05, 3.63) is 16.5 Å². The topological polar surface area (TPSA) is 37.8 Å². The molecule has 1 aliphatic rings. The molecule has 21 heavy (non-hydrogen) atoms. The molecule has 4 heteroatoms. The Labute approximate surface area is 133 Å². The molecule has 2 rings (SSSR count). The zero-order chi connectivity index (χ0) is 15.6. The Bertz CT molecular complexity index is 494. The Morgan fingerprint density at radius 2 is 1.81 bits per heavy atom. The van der Waals surface area contributed by atoms with E-state index in [1.807, 2.05) is 6.92 Å². The van der Waals surface area contributed by atoms with Crippen LogP contribution in [0.2, 0.25) is 5.15 Å². The largest absolute Gasteiger partial charge is 0.367 e. The summed E-state index contributed by atoms with van der Waals surface area (Å²) in [6.07, 6.45) is 6.36. The van der Waals surface area contributed by atoms with Gasteiger partial charge in [0.05, 0.1) is 0 Å². The predicted octanol–water partition coefficient (Wildman–Crippen LogP) is 5.12. The molecule has 0 bridgehead atoms. The summed E-state index contributed by atoms with van der Waals surface area (Å²) in [6, 6.07) is 0.507. The number of anilines is 1. The fourth-order valence-electron chi connectivity index (χ4n) is 2.79. The maximum atomic E-state index is 6.31. The molecule has 2 unspecified atom stereocenters. The molecule has 0 saturated heterocycles. The van der Waals surface area contributed by atoms with Crippen molar-refractivity contribution in [2.75, 3.05) is 5.32 Å². The third-order valence-corrected chi connectivity index (χ3v) is 4.72. The number of halogens is 1. The van der Waals surface area contributed by atoms with Gasteiger partial charge in [-0.05, 0) is 32.1 Å². The van der Waals surface area contributed by atoms with Crippen LogP contribution in [0.25, 0.3) is 0 Å². The van der Waals surface area contributed by atoms with Crippen LogP contribution in [0, 0.1) is 12.8 Å². The van der Waals surface area contributed by atoms with E-state index in [2.05, 4.69) is 38.0 Å². The highest BCUT2D eigenvalue weighted by molar-refractivity contribution is 6.30. The lowest BCUT2D eigenvalue weighted by Gasteiger charge is -2.22. The van der Waals surface area contributed by atoms with E-state index in [9.17, 15) is 0 Å². The van der Waals surface area contributed by atoms with Gasteiger partial charge >= 0.3 is 0 Å². The second-order valence-electron chi connectivity index (χ2n) is 7.52. The summed E-state index contributed by atoms with van der Waals surface area (Å²) >= 11 is 6.31. The zero-order valence-electron chi connectivity index (χ0n) is 14.0. The van der Waals surface area contributed by atoms with Gasteiger partial charge in [-0.1, -0.05) is 52.1 Å². The molecule has 0 aliphatic heterocycles. The Morgan fingerprint density at radius 1 is 1.10 bits per heavy atom. The van der Waals surface area contributed by atoms with Crippen LogP contribution in [0.15, 0.2) is 0 Å². The van der Waals surface area contributed by atoms with E-state index in [1.165, 1.54) is 32.1 Å². The van der Waals surface area contributed by atoms with E-state index in [1.54, 1.807) is 0 Å². The monoisotopic (exact) mass is 309 g/mol. The van der Waals surface area contributed by atoms with E-state index < -0.39 is 0 Å². The summed E-state index contributed by atoms with van der Waals surface area (Å²) < 4.78 is 0. The van der Waals surface area contributed by atoms with Crippen LogP contribution >= 0.6 is 11.6 Å². The van der Waals surface area contributed by atoms with Crippen LogP contribution in [0.1, 0.15) is 71.2 Å². The lowest BCUT2D eigenvalue weighted by atomic mass is 9.95. The minimum Gasteiger partial charge on any atom is -0.367 e. The van der Waals surface area contributed by atoms with E-state index in [-0.39, 0.29) is 5.41 Å². The van der Waals surface area contributed by atoms with E-state index in [0.29, 0.717) is 11.2 Å². The Hall–Kier alpha value is -0.830.